The van der Waals surface area contributed by atoms with E-state index in [0.717, 1.165) is 42.1 Å². The van der Waals surface area contributed by atoms with Crippen LogP contribution in [0, 0.1) is 29.5 Å². The molecule has 2 aliphatic rings. The normalized spacial score (nSPS) is 25.9. The monoisotopic (exact) mass is 504 g/mol. The summed E-state index contributed by atoms with van der Waals surface area (Å²) >= 11 is 0. The Morgan fingerprint density at radius 2 is 1.50 bits per heavy atom. The molecular formula is C31H40F4O. The van der Waals surface area contributed by atoms with E-state index in [9.17, 15) is 17.6 Å². The summed E-state index contributed by atoms with van der Waals surface area (Å²) in [6, 6.07) is 10.7. The Morgan fingerprint density at radius 3 is 2.08 bits per heavy atom. The molecule has 0 spiro atoms. The zero-order chi connectivity index (χ0) is 25.7. The third kappa shape index (κ3) is 7.26. The van der Waals surface area contributed by atoms with E-state index in [1.165, 1.54) is 82.1 Å². The topological polar surface area (TPSA) is 9.23 Å². The van der Waals surface area contributed by atoms with Gasteiger partial charge in [0.2, 0.25) is 0 Å². The number of rotatable bonds is 8. The fourth-order valence-corrected chi connectivity index (χ4v) is 6.76. The molecule has 2 fully saturated rings. The molecule has 2 saturated carbocycles. The maximum absolute atomic E-state index is 15.0. The second kappa shape index (κ2) is 12.0. The molecule has 0 aliphatic heterocycles. The second-order valence-electron chi connectivity index (χ2n) is 11.3. The van der Waals surface area contributed by atoms with E-state index in [2.05, 4.69) is 18.6 Å². The summed E-state index contributed by atoms with van der Waals surface area (Å²) in [5, 5.41) is 0. The molecule has 2 aromatic carbocycles. The van der Waals surface area contributed by atoms with Crippen LogP contribution in [-0.2, 0) is 0 Å². The Morgan fingerprint density at radius 1 is 0.861 bits per heavy atom. The van der Waals surface area contributed by atoms with Crippen molar-refractivity contribution in [2.24, 2.45) is 23.7 Å². The first kappa shape index (κ1) is 27.0. The Bertz CT molecular complexity index is 952. The van der Waals surface area contributed by atoms with Gasteiger partial charge < -0.3 is 4.74 Å². The molecule has 36 heavy (non-hydrogen) atoms. The smallest absolute Gasteiger partial charge is 0.406 e. The maximum Gasteiger partial charge on any atom is 0.573 e. The predicted octanol–water partition coefficient (Wildman–Crippen LogP) is 10.3. The number of halogens is 4. The van der Waals surface area contributed by atoms with E-state index < -0.39 is 6.36 Å². The van der Waals surface area contributed by atoms with Crippen molar-refractivity contribution in [3.63, 3.8) is 0 Å². The first-order chi connectivity index (χ1) is 17.2. The first-order valence-electron chi connectivity index (χ1n) is 13.9. The standard InChI is InChI=1S/C31H40F4O/c1-3-4-22-5-9-24(10-6-22)21(2)19-23-7-11-25(12-8-23)27-15-18-29(30(32)20-27)26-13-16-28(17-14-26)36-31(33,34)35/h13-18,20-25H,3-12,19H2,1-2H3. The van der Waals surface area contributed by atoms with Gasteiger partial charge in [-0.1, -0.05) is 63.8 Å². The zero-order valence-electron chi connectivity index (χ0n) is 21.6. The summed E-state index contributed by atoms with van der Waals surface area (Å²) in [6.07, 6.45) is 9.59. The van der Waals surface area contributed by atoms with Crippen LogP contribution in [0.1, 0.15) is 96.0 Å². The molecule has 1 nitrogen and oxygen atoms in total. The van der Waals surface area contributed by atoms with Crippen molar-refractivity contribution in [3.05, 3.63) is 53.8 Å². The minimum atomic E-state index is -4.74. The quantitative estimate of drug-likeness (QED) is 0.325. The molecule has 4 rings (SSSR count). The number of alkyl halides is 3. The molecule has 0 saturated heterocycles. The van der Waals surface area contributed by atoms with E-state index in [4.69, 9.17) is 0 Å². The highest BCUT2D eigenvalue weighted by molar-refractivity contribution is 5.65. The SMILES string of the molecule is CCCC1CCC(C(C)CC2CCC(c3ccc(-c4ccc(OC(F)(F)F)cc4)c(F)c3)CC2)CC1. The minimum absolute atomic E-state index is 0.307. The van der Waals surface area contributed by atoms with Crippen molar-refractivity contribution in [2.75, 3.05) is 0 Å². The molecule has 1 unspecified atom stereocenters. The third-order valence-electron chi connectivity index (χ3n) is 8.81. The largest absolute Gasteiger partial charge is 0.573 e. The van der Waals surface area contributed by atoms with Crippen molar-refractivity contribution in [2.45, 2.75) is 96.8 Å². The van der Waals surface area contributed by atoms with Crippen molar-refractivity contribution in [3.8, 4) is 16.9 Å². The van der Waals surface area contributed by atoms with E-state index in [1.54, 1.807) is 12.1 Å². The van der Waals surface area contributed by atoms with Gasteiger partial charge in [0.1, 0.15) is 11.6 Å². The average molecular weight is 505 g/mol. The van der Waals surface area contributed by atoms with Crippen molar-refractivity contribution in [1.29, 1.82) is 0 Å². The fourth-order valence-electron chi connectivity index (χ4n) is 6.76. The summed E-state index contributed by atoms with van der Waals surface area (Å²) in [6.45, 7) is 4.76. The zero-order valence-corrected chi connectivity index (χ0v) is 21.6. The molecule has 5 heteroatoms. The highest BCUT2D eigenvalue weighted by Crippen LogP contribution is 2.43. The number of hydrogen-bond acceptors (Lipinski definition) is 1. The predicted molar refractivity (Wildman–Crippen MR) is 137 cm³/mol. The molecule has 0 amide bonds. The molecule has 0 aromatic heterocycles. The van der Waals surface area contributed by atoms with Crippen LogP contribution in [0.15, 0.2) is 42.5 Å². The Hall–Kier alpha value is -2.04. The molecule has 198 valence electrons. The van der Waals surface area contributed by atoms with Gasteiger partial charge in [0.15, 0.2) is 0 Å². The van der Waals surface area contributed by atoms with Gasteiger partial charge in [0.05, 0.1) is 0 Å². The molecule has 0 bridgehead atoms. The van der Waals surface area contributed by atoms with E-state index in [-0.39, 0.29) is 11.6 Å². The summed E-state index contributed by atoms with van der Waals surface area (Å²) in [7, 11) is 0. The van der Waals surface area contributed by atoms with Crippen LogP contribution >= 0.6 is 0 Å². The van der Waals surface area contributed by atoms with Gasteiger partial charge in [0.25, 0.3) is 0 Å². The van der Waals surface area contributed by atoms with E-state index in [1.807, 2.05) is 6.07 Å². The molecule has 2 aromatic rings. The van der Waals surface area contributed by atoms with Gasteiger partial charge in [-0.25, -0.2) is 4.39 Å². The lowest BCUT2D eigenvalue weighted by Crippen LogP contribution is -2.23. The van der Waals surface area contributed by atoms with Crippen LogP contribution in [0.25, 0.3) is 11.1 Å². The molecule has 0 heterocycles. The van der Waals surface area contributed by atoms with Crippen LogP contribution in [0.4, 0.5) is 17.6 Å². The van der Waals surface area contributed by atoms with E-state index >= 15 is 0 Å². The van der Waals surface area contributed by atoms with Crippen molar-refractivity contribution < 1.29 is 22.3 Å². The van der Waals surface area contributed by atoms with Crippen molar-refractivity contribution >= 4 is 0 Å². The van der Waals surface area contributed by atoms with Crippen LogP contribution in [0.2, 0.25) is 0 Å². The minimum Gasteiger partial charge on any atom is -0.406 e. The number of hydrogen-bond donors (Lipinski definition) is 0. The average Bonchev–Trinajstić information content (AvgIpc) is 2.85. The maximum atomic E-state index is 15.0. The lowest BCUT2D eigenvalue weighted by molar-refractivity contribution is -0.274. The molecule has 0 radical (unpaired) electrons. The van der Waals surface area contributed by atoms with Gasteiger partial charge in [-0.3, -0.25) is 0 Å². The molecule has 0 N–H and O–H groups in total. The Kier molecular flexibility index (Phi) is 9.00. The second-order valence-corrected chi connectivity index (χ2v) is 11.3. The third-order valence-corrected chi connectivity index (χ3v) is 8.81. The highest BCUT2D eigenvalue weighted by Gasteiger charge is 2.31. The van der Waals surface area contributed by atoms with Crippen LogP contribution in [0.5, 0.6) is 5.75 Å². The van der Waals surface area contributed by atoms with Gasteiger partial charge in [-0.2, -0.15) is 0 Å². The lowest BCUT2D eigenvalue weighted by atomic mass is 9.70. The number of ether oxygens (including phenoxy) is 1. The van der Waals surface area contributed by atoms with Gasteiger partial charge in [-0.05, 0) is 104 Å². The van der Waals surface area contributed by atoms with Gasteiger partial charge in [0, 0.05) is 5.56 Å². The Labute approximate surface area is 213 Å². The van der Waals surface area contributed by atoms with Crippen LogP contribution in [-0.4, -0.2) is 6.36 Å². The molecular weight excluding hydrogens is 464 g/mol. The first-order valence-corrected chi connectivity index (χ1v) is 13.9. The molecule has 1 atom stereocenters. The summed E-state index contributed by atoms with van der Waals surface area (Å²) < 4.78 is 56.0. The summed E-state index contributed by atoms with van der Waals surface area (Å²) in [5.74, 6) is 3.19. The number of benzene rings is 2. The van der Waals surface area contributed by atoms with E-state index in [0.29, 0.717) is 17.0 Å². The van der Waals surface area contributed by atoms with Crippen LogP contribution < -0.4 is 4.74 Å². The van der Waals surface area contributed by atoms with Gasteiger partial charge in [-0.15, -0.1) is 13.2 Å². The van der Waals surface area contributed by atoms with Crippen molar-refractivity contribution in [1.82, 2.24) is 0 Å². The van der Waals surface area contributed by atoms with Gasteiger partial charge >= 0.3 is 6.36 Å². The van der Waals surface area contributed by atoms with Crippen LogP contribution in [0.3, 0.4) is 0 Å². The summed E-state index contributed by atoms with van der Waals surface area (Å²) in [5.41, 5.74) is 1.97. The Balaban J connectivity index is 1.28. The summed E-state index contributed by atoms with van der Waals surface area (Å²) in [4.78, 5) is 0. The lowest BCUT2D eigenvalue weighted by Gasteiger charge is -2.36. The highest BCUT2D eigenvalue weighted by atomic mass is 19.4. The fraction of sp³-hybridized carbons (Fsp3) is 0.613. The molecule has 2 aliphatic carbocycles.